The Bertz CT molecular complexity index is 462. The van der Waals surface area contributed by atoms with Gasteiger partial charge >= 0.3 is 0 Å². The van der Waals surface area contributed by atoms with Gasteiger partial charge in [0.05, 0.1) is 18.1 Å². The minimum atomic E-state index is 0.592. The molecule has 0 radical (unpaired) electrons. The van der Waals surface area contributed by atoms with E-state index >= 15 is 0 Å². The van der Waals surface area contributed by atoms with Gasteiger partial charge in [-0.2, -0.15) is 0 Å². The number of nitrogens with zero attached hydrogens (tertiary/aromatic N) is 1. The number of methoxy groups -OCH3 is 1. The van der Waals surface area contributed by atoms with Gasteiger partial charge in [0.25, 0.3) is 0 Å². The lowest BCUT2D eigenvalue weighted by Crippen LogP contribution is -2.13. The maximum atomic E-state index is 5.21. The van der Waals surface area contributed by atoms with Gasteiger partial charge in [0, 0.05) is 10.9 Å². The molecule has 0 bridgehead atoms. The minimum absolute atomic E-state index is 0.592. The van der Waals surface area contributed by atoms with E-state index in [1.165, 1.54) is 0 Å². The van der Waals surface area contributed by atoms with E-state index in [1.54, 1.807) is 7.11 Å². The number of aliphatic imine (C=N–C) groups is 1. The average Bonchev–Trinajstić information content (AvgIpc) is 2.78. The first kappa shape index (κ1) is 13.7. The van der Waals surface area contributed by atoms with Crippen LogP contribution in [0.15, 0.2) is 27.7 Å². The maximum Gasteiger partial charge on any atom is 0.161 e. The molecule has 0 fully saturated rings. The van der Waals surface area contributed by atoms with Gasteiger partial charge in [0.1, 0.15) is 5.75 Å². The fraction of sp³-hybridized carbons (Fsp3) is 0.462. The molecule has 1 aliphatic rings. The monoisotopic (exact) mass is 328 g/mol. The Balaban J connectivity index is 2.01. The van der Waals surface area contributed by atoms with Crippen LogP contribution in [0.1, 0.15) is 13.8 Å². The van der Waals surface area contributed by atoms with Crippen LogP contribution in [-0.2, 0) is 0 Å². The molecule has 2 rings (SSSR count). The molecule has 0 amide bonds. The van der Waals surface area contributed by atoms with Gasteiger partial charge in [-0.25, -0.2) is 0 Å². The molecule has 0 spiro atoms. The molecule has 1 aromatic rings. The van der Waals surface area contributed by atoms with Crippen LogP contribution >= 0.6 is 27.7 Å². The van der Waals surface area contributed by atoms with Crippen molar-refractivity contribution in [1.29, 1.82) is 0 Å². The Morgan fingerprint density at radius 1 is 1.50 bits per heavy atom. The summed E-state index contributed by atoms with van der Waals surface area (Å²) < 4.78 is 6.15. The van der Waals surface area contributed by atoms with Crippen molar-refractivity contribution in [2.24, 2.45) is 10.9 Å². The standard InChI is InChI=1S/C13H17BrN2OS/c1-8(2)12-7-15-13(18-12)16-9-4-5-11(17-3)10(14)6-9/h4-6,8,12H,7H2,1-3H3,(H,15,16). The highest BCUT2D eigenvalue weighted by Gasteiger charge is 2.22. The van der Waals surface area contributed by atoms with Gasteiger partial charge in [0.15, 0.2) is 5.17 Å². The Hall–Kier alpha value is -0.680. The highest BCUT2D eigenvalue weighted by molar-refractivity contribution is 9.10. The van der Waals surface area contributed by atoms with E-state index in [1.807, 2.05) is 30.0 Å². The van der Waals surface area contributed by atoms with Crippen LogP contribution in [-0.4, -0.2) is 24.1 Å². The predicted octanol–water partition coefficient (Wildman–Crippen LogP) is 4.00. The first-order valence-electron chi connectivity index (χ1n) is 5.92. The first-order valence-corrected chi connectivity index (χ1v) is 7.59. The van der Waals surface area contributed by atoms with Crippen molar-refractivity contribution in [2.75, 3.05) is 19.0 Å². The van der Waals surface area contributed by atoms with Crippen molar-refractivity contribution in [3.05, 3.63) is 22.7 Å². The van der Waals surface area contributed by atoms with Crippen molar-refractivity contribution < 1.29 is 4.74 Å². The van der Waals surface area contributed by atoms with Crippen LogP contribution in [0.5, 0.6) is 5.75 Å². The van der Waals surface area contributed by atoms with E-state index < -0.39 is 0 Å². The predicted molar refractivity (Wildman–Crippen MR) is 82.8 cm³/mol. The maximum absolute atomic E-state index is 5.21. The molecule has 18 heavy (non-hydrogen) atoms. The summed E-state index contributed by atoms with van der Waals surface area (Å²) in [6.07, 6.45) is 0. The van der Waals surface area contributed by atoms with Crippen LogP contribution in [0.4, 0.5) is 5.69 Å². The lowest BCUT2D eigenvalue weighted by Gasteiger charge is -2.12. The Morgan fingerprint density at radius 2 is 2.28 bits per heavy atom. The smallest absolute Gasteiger partial charge is 0.161 e. The quantitative estimate of drug-likeness (QED) is 0.910. The highest BCUT2D eigenvalue weighted by atomic mass is 79.9. The SMILES string of the molecule is COc1ccc(NC2=NCC(C(C)C)S2)cc1Br. The molecule has 1 aliphatic heterocycles. The molecule has 3 nitrogen and oxygen atoms in total. The van der Waals surface area contributed by atoms with Gasteiger partial charge in [-0.1, -0.05) is 25.6 Å². The Labute approximate surface area is 121 Å². The lowest BCUT2D eigenvalue weighted by molar-refractivity contribution is 0.412. The molecule has 5 heteroatoms. The Morgan fingerprint density at radius 3 is 2.83 bits per heavy atom. The molecular formula is C13H17BrN2OS. The summed E-state index contributed by atoms with van der Waals surface area (Å²) in [6.45, 7) is 5.38. The third-order valence-corrected chi connectivity index (χ3v) is 4.89. The number of hydrogen-bond acceptors (Lipinski definition) is 4. The summed E-state index contributed by atoms with van der Waals surface area (Å²) in [5.74, 6) is 1.49. The number of amidine groups is 1. The summed E-state index contributed by atoms with van der Waals surface area (Å²) in [7, 11) is 1.66. The number of thioether (sulfide) groups is 1. The molecule has 1 heterocycles. The summed E-state index contributed by atoms with van der Waals surface area (Å²) in [6, 6.07) is 5.94. The summed E-state index contributed by atoms with van der Waals surface area (Å²) in [5, 5.41) is 4.94. The number of hydrogen-bond donors (Lipinski definition) is 1. The van der Waals surface area contributed by atoms with Crippen LogP contribution in [0.2, 0.25) is 0 Å². The fourth-order valence-corrected chi connectivity index (χ4v) is 3.25. The molecule has 0 aliphatic carbocycles. The van der Waals surface area contributed by atoms with E-state index in [0.29, 0.717) is 11.2 Å². The number of ether oxygens (including phenoxy) is 1. The molecule has 0 saturated carbocycles. The number of benzene rings is 1. The molecule has 0 aromatic heterocycles. The van der Waals surface area contributed by atoms with Crippen LogP contribution < -0.4 is 10.1 Å². The van der Waals surface area contributed by atoms with E-state index in [4.69, 9.17) is 4.74 Å². The summed E-state index contributed by atoms with van der Waals surface area (Å²) in [4.78, 5) is 4.53. The second-order valence-corrected chi connectivity index (χ2v) is 6.60. The minimum Gasteiger partial charge on any atom is -0.496 e. The topological polar surface area (TPSA) is 33.6 Å². The van der Waals surface area contributed by atoms with E-state index in [2.05, 4.69) is 40.1 Å². The summed E-state index contributed by atoms with van der Waals surface area (Å²) >= 11 is 5.30. The van der Waals surface area contributed by atoms with E-state index in [0.717, 1.165) is 27.6 Å². The largest absolute Gasteiger partial charge is 0.496 e. The third kappa shape index (κ3) is 3.20. The molecule has 1 unspecified atom stereocenters. The number of rotatable bonds is 3. The van der Waals surface area contributed by atoms with E-state index in [-0.39, 0.29) is 0 Å². The second kappa shape index (κ2) is 5.97. The molecule has 1 N–H and O–H groups in total. The molecular weight excluding hydrogens is 312 g/mol. The summed E-state index contributed by atoms with van der Waals surface area (Å²) in [5.41, 5.74) is 1.03. The second-order valence-electron chi connectivity index (χ2n) is 4.52. The van der Waals surface area contributed by atoms with Gasteiger partial charge < -0.3 is 10.1 Å². The van der Waals surface area contributed by atoms with Crippen LogP contribution in [0.3, 0.4) is 0 Å². The number of anilines is 1. The molecule has 98 valence electrons. The van der Waals surface area contributed by atoms with E-state index in [9.17, 15) is 0 Å². The van der Waals surface area contributed by atoms with Crippen molar-refractivity contribution >= 4 is 38.5 Å². The fourth-order valence-electron chi connectivity index (χ4n) is 1.67. The van der Waals surface area contributed by atoms with Gasteiger partial charge in [-0.3, -0.25) is 4.99 Å². The zero-order valence-corrected chi connectivity index (χ0v) is 13.1. The van der Waals surface area contributed by atoms with Crippen LogP contribution in [0.25, 0.3) is 0 Å². The Kier molecular flexibility index (Phi) is 4.56. The van der Waals surface area contributed by atoms with Crippen molar-refractivity contribution in [1.82, 2.24) is 0 Å². The number of nitrogens with one attached hydrogen (secondary N) is 1. The van der Waals surface area contributed by atoms with Gasteiger partial charge in [-0.15, -0.1) is 0 Å². The lowest BCUT2D eigenvalue weighted by atomic mass is 10.1. The first-order chi connectivity index (χ1) is 8.60. The molecule has 0 saturated heterocycles. The number of halogens is 1. The zero-order valence-electron chi connectivity index (χ0n) is 10.7. The molecule has 1 atom stereocenters. The zero-order chi connectivity index (χ0) is 13.1. The van der Waals surface area contributed by atoms with Crippen molar-refractivity contribution in [3.63, 3.8) is 0 Å². The van der Waals surface area contributed by atoms with Crippen molar-refractivity contribution in [3.8, 4) is 5.75 Å². The van der Waals surface area contributed by atoms with Crippen LogP contribution in [0, 0.1) is 5.92 Å². The van der Waals surface area contributed by atoms with Gasteiger partial charge in [-0.05, 0) is 40.0 Å². The molecule has 1 aromatic carbocycles. The van der Waals surface area contributed by atoms with Crippen molar-refractivity contribution in [2.45, 2.75) is 19.1 Å². The normalized spacial score (nSPS) is 18.9. The third-order valence-electron chi connectivity index (χ3n) is 2.82. The average molecular weight is 329 g/mol. The van der Waals surface area contributed by atoms with Gasteiger partial charge in [0.2, 0.25) is 0 Å². The highest BCUT2D eigenvalue weighted by Crippen LogP contribution is 2.31.